The lowest BCUT2D eigenvalue weighted by Crippen LogP contribution is -2.47. The van der Waals surface area contributed by atoms with Crippen molar-refractivity contribution in [2.75, 3.05) is 20.3 Å². The average molecular weight is 565 g/mol. The van der Waals surface area contributed by atoms with Crippen LogP contribution in [0.4, 0.5) is 18.0 Å². The summed E-state index contributed by atoms with van der Waals surface area (Å²) in [5, 5.41) is 0.812. The Morgan fingerprint density at radius 1 is 1.16 bits per heavy atom. The third-order valence-electron chi connectivity index (χ3n) is 4.92. The molecular weight excluding hydrogens is 533 g/mol. The van der Waals surface area contributed by atoms with Gasteiger partial charge in [-0.05, 0) is 40.2 Å². The SMILES string of the molecule is CCOC=CC(=O)N(Cc1sc2c(c1C)c(=O)n(CC(F)(F)F)c(=O)n2CCOC)NC(=O)OC(C)(C)C. The molecule has 0 radical (unpaired) electrons. The van der Waals surface area contributed by atoms with Crippen molar-refractivity contribution in [3.63, 3.8) is 0 Å². The first-order valence-corrected chi connectivity index (χ1v) is 12.3. The summed E-state index contributed by atoms with van der Waals surface area (Å²) in [6.07, 6.45) is -3.54. The standard InChI is InChI=1S/C23H31F3N4O7S/c1-7-36-10-8-16(31)30(27-20(33)37-22(3,4)5)12-15-14(2)17-18(32)29(13-23(24,25)26)21(34)28(9-11-35-6)19(17)38-15/h8,10H,7,9,11-13H2,1-6H3,(H,27,33). The van der Waals surface area contributed by atoms with Crippen LogP contribution in [0.2, 0.25) is 0 Å². The predicted octanol–water partition coefficient (Wildman–Crippen LogP) is 3.06. The molecule has 212 valence electrons. The number of ether oxygens (including phenoxy) is 3. The Bertz CT molecular complexity index is 1310. The maximum absolute atomic E-state index is 13.2. The van der Waals surface area contributed by atoms with Gasteiger partial charge in [0.15, 0.2) is 0 Å². The first-order valence-electron chi connectivity index (χ1n) is 11.5. The van der Waals surface area contributed by atoms with Crippen molar-refractivity contribution in [1.82, 2.24) is 19.6 Å². The first-order chi connectivity index (χ1) is 17.6. The first kappa shape index (κ1) is 30.9. The quantitative estimate of drug-likeness (QED) is 0.282. The molecule has 2 heterocycles. The zero-order chi connectivity index (χ0) is 28.8. The number of rotatable bonds is 9. The second-order valence-corrected chi connectivity index (χ2v) is 10.1. The van der Waals surface area contributed by atoms with Gasteiger partial charge in [-0.1, -0.05) is 0 Å². The summed E-state index contributed by atoms with van der Waals surface area (Å²) in [5.74, 6) is -0.701. The molecule has 0 aromatic carbocycles. The highest BCUT2D eigenvalue weighted by Crippen LogP contribution is 2.29. The van der Waals surface area contributed by atoms with Gasteiger partial charge in [-0.25, -0.2) is 20.0 Å². The second-order valence-electron chi connectivity index (χ2n) is 9.06. The number of carbonyl (C=O) groups is 2. The summed E-state index contributed by atoms with van der Waals surface area (Å²) in [4.78, 5) is 51.6. The van der Waals surface area contributed by atoms with Gasteiger partial charge < -0.3 is 14.2 Å². The van der Waals surface area contributed by atoms with E-state index in [0.29, 0.717) is 11.5 Å². The van der Waals surface area contributed by atoms with Crippen molar-refractivity contribution < 1.29 is 37.0 Å². The van der Waals surface area contributed by atoms with E-state index in [9.17, 15) is 32.3 Å². The minimum Gasteiger partial charge on any atom is -0.501 e. The number of hydrogen-bond acceptors (Lipinski definition) is 8. The van der Waals surface area contributed by atoms with Gasteiger partial charge >= 0.3 is 18.0 Å². The molecule has 2 aromatic rings. The second kappa shape index (κ2) is 12.5. The summed E-state index contributed by atoms with van der Waals surface area (Å²) in [6, 6.07) is 0. The Hall–Kier alpha value is -3.33. The van der Waals surface area contributed by atoms with Crippen LogP contribution >= 0.6 is 11.3 Å². The molecule has 0 bridgehead atoms. The zero-order valence-electron chi connectivity index (χ0n) is 21.9. The molecule has 0 unspecified atom stereocenters. The fraction of sp³-hybridized carbons (Fsp3) is 0.565. The van der Waals surface area contributed by atoms with Gasteiger partial charge in [0, 0.05) is 18.1 Å². The third-order valence-corrected chi connectivity index (χ3v) is 6.22. The highest BCUT2D eigenvalue weighted by atomic mass is 32.1. The number of amides is 2. The number of aryl methyl sites for hydroxylation is 1. The maximum Gasteiger partial charge on any atom is 0.426 e. The number of methoxy groups -OCH3 is 1. The molecule has 0 aliphatic heterocycles. The van der Waals surface area contributed by atoms with Gasteiger partial charge in [0.25, 0.3) is 11.5 Å². The van der Waals surface area contributed by atoms with E-state index in [1.165, 1.54) is 14.0 Å². The van der Waals surface area contributed by atoms with Crippen molar-refractivity contribution in [3.8, 4) is 0 Å². The zero-order valence-corrected chi connectivity index (χ0v) is 22.7. The van der Waals surface area contributed by atoms with Crippen molar-refractivity contribution in [1.29, 1.82) is 0 Å². The van der Waals surface area contributed by atoms with Gasteiger partial charge in [-0.15, -0.1) is 11.3 Å². The van der Waals surface area contributed by atoms with E-state index in [4.69, 9.17) is 14.2 Å². The highest BCUT2D eigenvalue weighted by molar-refractivity contribution is 7.18. The van der Waals surface area contributed by atoms with Crippen molar-refractivity contribution in [2.24, 2.45) is 0 Å². The van der Waals surface area contributed by atoms with Gasteiger partial charge in [0.1, 0.15) is 17.0 Å². The summed E-state index contributed by atoms with van der Waals surface area (Å²) in [5.41, 5.74) is -0.509. The summed E-state index contributed by atoms with van der Waals surface area (Å²) < 4.78 is 55.9. The Morgan fingerprint density at radius 2 is 1.82 bits per heavy atom. The molecular formula is C23H31F3N4O7S. The number of hydrazine groups is 1. The van der Waals surface area contributed by atoms with Crippen molar-refractivity contribution >= 4 is 33.6 Å². The number of halogens is 3. The van der Waals surface area contributed by atoms with Gasteiger partial charge in [-0.3, -0.25) is 18.7 Å². The van der Waals surface area contributed by atoms with E-state index in [1.807, 2.05) is 0 Å². The molecule has 0 atom stereocenters. The predicted molar refractivity (Wildman–Crippen MR) is 134 cm³/mol. The molecule has 0 saturated heterocycles. The molecule has 0 spiro atoms. The van der Waals surface area contributed by atoms with E-state index in [0.717, 1.165) is 33.3 Å². The lowest BCUT2D eigenvalue weighted by Gasteiger charge is -2.25. The number of nitrogens with zero attached hydrogens (tertiary/aromatic N) is 3. The fourth-order valence-corrected chi connectivity index (χ4v) is 4.61. The van der Waals surface area contributed by atoms with Crippen molar-refractivity contribution in [2.45, 2.75) is 66.0 Å². The van der Waals surface area contributed by atoms with Crippen LogP contribution in [0, 0.1) is 6.92 Å². The normalized spacial score (nSPS) is 12.2. The molecule has 1 N–H and O–H groups in total. The lowest BCUT2D eigenvalue weighted by molar-refractivity contribution is -0.142. The highest BCUT2D eigenvalue weighted by Gasteiger charge is 2.32. The van der Waals surface area contributed by atoms with Gasteiger partial charge in [-0.2, -0.15) is 13.2 Å². The topological polar surface area (TPSA) is 121 Å². The number of fused-ring (bicyclic) bond motifs is 1. The number of aromatic nitrogens is 2. The molecule has 15 heteroatoms. The van der Waals surface area contributed by atoms with E-state index in [1.54, 1.807) is 27.7 Å². The lowest BCUT2D eigenvalue weighted by atomic mass is 10.2. The van der Waals surface area contributed by atoms with E-state index < -0.39 is 41.6 Å². The smallest absolute Gasteiger partial charge is 0.426 e. The number of alkyl halides is 3. The van der Waals surface area contributed by atoms with E-state index in [-0.39, 0.29) is 40.0 Å². The summed E-state index contributed by atoms with van der Waals surface area (Å²) >= 11 is 0.942. The minimum absolute atomic E-state index is 0.00145. The molecule has 2 rings (SSSR count). The van der Waals surface area contributed by atoms with Crippen LogP contribution in [-0.2, 0) is 38.6 Å². The molecule has 0 saturated carbocycles. The number of carbonyl (C=O) groups excluding carboxylic acids is 2. The van der Waals surface area contributed by atoms with Crippen LogP contribution < -0.4 is 16.7 Å². The minimum atomic E-state index is -4.81. The number of nitrogens with one attached hydrogen (secondary N) is 1. The molecule has 2 amide bonds. The summed E-state index contributed by atoms with van der Waals surface area (Å²) in [6.45, 7) is 6.24. The van der Waals surface area contributed by atoms with Crippen LogP contribution in [0.3, 0.4) is 0 Å². The molecule has 0 aliphatic rings. The number of hydrogen-bond donors (Lipinski definition) is 1. The molecule has 0 aliphatic carbocycles. The Kier molecular flexibility index (Phi) is 10.1. The molecule has 38 heavy (non-hydrogen) atoms. The third kappa shape index (κ3) is 8.08. The van der Waals surface area contributed by atoms with Gasteiger partial charge in [0.05, 0.1) is 38.0 Å². The van der Waals surface area contributed by atoms with Gasteiger partial charge in [0.2, 0.25) is 0 Å². The molecule has 0 fully saturated rings. The van der Waals surface area contributed by atoms with Crippen LogP contribution in [0.5, 0.6) is 0 Å². The van der Waals surface area contributed by atoms with E-state index in [2.05, 4.69) is 5.43 Å². The molecule has 2 aromatic heterocycles. The number of thiophene rings is 1. The van der Waals surface area contributed by atoms with Crippen LogP contribution in [0.25, 0.3) is 10.2 Å². The Balaban J connectivity index is 2.64. The Morgan fingerprint density at radius 3 is 2.37 bits per heavy atom. The maximum atomic E-state index is 13.2. The fourth-order valence-electron chi connectivity index (χ4n) is 3.31. The average Bonchev–Trinajstić information content (AvgIpc) is 3.10. The van der Waals surface area contributed by atoms with Crippen LogP contribution in [-0.4, -0.2) is 58.2 Å². The van der Waals surface area contributed by atoms with Crippen LogP contribution in [0.1, 0.15) is 38.1 Å². The summed E-state index contributed by atoms with van der Waals surface area (Å²) in [7, 11) is 1.36. The Labute approximate surface area is 220 Å². The van der Waals surface area contributed by atoms with Crippen LogP contribution in [0.15, 0.2) is 21.9 Å². The van der Waals surface area contributed by atoms with Crippen molar-refractivity contribution in [3.05, 3.63) is 43.6 Å². The van der Waals surface area contributed by atoms with E-state index >= 15 is 0 Å². The molecule has 11 nitrogen and oxygen atoms in total. The monoisotopic (exact) mass is 564 g/mol. The largest absolute Gasteiger partial charge is 0.501 e.